The zero-order valence-corrected chi connectivity index (χ0v) is 13.2. The van der Waals surface area contributed by atoms with Gasteiger partial charge in [0.2, 0.25) is 0 Å². The summed E-state index contributed by atoms with van der Waals surface area (Å²) in [4.78, 5) is 19.8. The van der Waals surface area contributed by atoms with Crippen molar-refractivity contribution >= 4 is 5.82 Å². The summed E-state index contributed by atoms with van der Waals surface area (Å²) in [6, 6.07) is 0. The highest BCUT2D eigenvalue weighted by atomic mass is 19.4. The standard InChI is InChI=1S/C15H18F3N5O/c1-2-22-6-5-19-13(14(22)24)20-7-10-3-4-12-21-11(15(16,17)18)9-23(12)8-10/h5-6,9-10H,2-4,7-8H2,1H3,(H,19,20). The van der Waals surface area contributed by atoms with Gasteiger partial charge in [-0.15, -0.1) is 0 Å². The highest BCUT2D eigenvalue weighted by molar-refractivity contribution is 5.30. The van der Waals surface area contributed by atoms with Crippen LogP contribution in [0.4, 0.5) is 19.0 Å². The van der Waals surface area contributed by atoms with Crippen LogP contribution in [-0.4, -0.2) is 25.6 Å². The van der Waals surface area contributed by atoms with Crippen LogP contribution < -0.4 is 10.9 Å². The van der Waals surface area contributed by atoms with E-state index in [1.807, 2.05) is 6.92 Å². The van der Waals surface area contributed by atoms with Crippen LogP contribution in [0.3, 0.4) is 0 Å². The molecule has 3 rings (SSSR count). The molecule has 0 fully saturated rings. The Bertz CT molecular complexity index is 780. The fourth-order valence-electron chi connectivity index (χ4n) is 2.88. The van der Waals surface area contributed by atoms with Crippen LogP contribution >= 0.6 is 0 Å². The zero-order chi connectivity index (χ0) is 17.3. The molecule has 0 amide bonds. The molecule has 0 saturated carbocycles. The molecule has 6 nitrogen and oxygen atoms in total. The molecule has 0 aliphatic carbocycles. The molecule has 0 aromatic carbocycles. The van der Waals surface area contributed by atoms with Gasteiger partial charge in [-0.25, -0.2) is 9.97 Å². The first-order valence-corrected chi connectivity index (χ1v) is 7.81. The number of halogens is 3. The van der Waals surface area contributed by atoms with E-state index in [4.69, 9.17) is 0 Å². The lowest BCUT2D eigenvalue weighted by molar-refractivity contribution is -0.141. The number of imidazole rings is 1. The Morgan fingerprint density at radius 2 is 2.21 bits per heavy atom. The fourth-order valence-corrected chi connectivity index (χ4v) is 2.88. The molecule has 1 unspecified atom stereocenters. The van der Waals surface area contributed by atoms with Crippen LogP contribution in [0.1, 0.15) is 24.9 Å². The summed E-state index contributed by atoms with van der Waals surface area (Å²) >= 11 is 0. The maximum Gasteiger partial charge on any atom is 0.434 e. The normalized spacial score (nSPS) is 17.6. The minimum Gasteiger partial charge on any atom is -0.365 e. The number of rotatable bonds is 4. The van der Waals surface area contributed by atoms with E-state index in [9.17, 15) is 18.0 Å². The van der Waals surface area contributed by atoms with E-state index in [1.54, 1.807) is 21.5 Å². The van der Waals surface area contributed by atoms with Crippen LogP contribution in [0.2, 0.25) is 0 Å². The van der Waals surface area contributed by atoms with E-state index in [0.29, 0.717) is 31.9 Å². The molecule has 3 heterocycles. The monoisotopic (exact) mass is 341 g/mol. The topological polar surface area (TPSA) is 64.7 Å². The molecule has 0 radical (unpaired) electrons. The molecule has 0 bridgehead atoms. The van der Waals surface area contributed by atoms with Gasteiger partial charge in [-0.1, -0.05) is 0 Å². The summed E-state index contributed by atoms with van der Waals surface area (Å²) < 4.78 is 41.3. The minimum absolute atomic E-state index is 0.115. The van der Waals surface area contributed by atoms with Crippen molar-refractivity contribution in [2.75, 3.05) is 11.9 Å². The van der Waals surface area contributed by atoms with E-state index in [0.717, 1.165) is 12.6 Å². The molecule has 1 N–H and O–H groups in total. The first-order valence-electron chi connectivity index (χ1n) is 7.81. The quantitative estimate of drug-likeness (QED) is 0.926. The number of hydrogen-bond acceptors (Lipinski definition) is 4. The van der Waals surface area contributed by atoms with Crippen LogP contribution in [0.5, 0.6) is 0 Å². The van der Waals surface area contributed by atoms with Crippen molar-refractivity contribution in [3.63, 3.8) is 0 Å². The van der Waals surface area contributed by atoms with Crippen molar-refractivity contribution in [3.05, 3.63) is 40.5 Å². The third kappa shape index (κ3) is 3.29. The highest BCUT2D eigenvalue weighted by Crippen LogP contribution is 2.30. The van der Waals surface area contributed by atoms with Gasteiger partial charge in [0.1, 0.15) is 5.82 Å². The lowest BCUT2D eigenvalue weighted by Crippen LogP contribution is -2.29. The Hall–Kier alpha value is -2.32. The molecule has 1 aliphatic rings. The van der Waals surface area contributed by atoms with Gasteiger partial charge in [-0.3, -0.25) is 4.79 Å². The summed E-state index contributed by atoms with van der Waals surface area (Å²) in [5.41, 5.74) is -1.04. The van der Waals surface area contributed by atoms with E-state index in [1.165, 1.54) is 0 Å². The molecule has 2 aromatic heterocycles. The first kappa shape index (κ1) is 16.5. The average molecular weight is 341 g/mol. The second kappa shape index (κ2) is 6.29. The molecular formula is C15H18F3N5O. The molecule has 24 heavy (non-hydrogen) atoms. The smallest absolute Gasteiger partial charge is 0.365 e. The molecule has 0 spiro atoms. The van der Waals surface area contributed by atoms with E-state index >= 15 is 0 Å². The second-order valence-electron chi connectivity index (χ2n) is 5.85. The number of anilines is 1. The van der Waals surface area contributed by atoms with Crippen molar-refractivity contribution in [1.82, 2.24) is 19.1 Å². The van der Waals surface area contributed by atoms with Crippen LogP contribution in [-0.2, 0) is 25.7 Å². The van der Waals surface area contributed by atoms with Gasteiger partial charge in [0.15, 0.2) is 11.5 Å². The van der Waals surface area contributed by atoms with Gasteiger partial charge in [0, 0.05) is 44.6 Å². The number of aromatic nitrogens is 4. The predicted molar refractivity (Wildman–Crippen MR) is 81.7 cm³/mol. The summed E-state index contributed by atoms with van der Waals surface area (Å²) in [6.45, 7) is 3.35. The van der Waals surface area contributed by atoms with Crippen LogP contribution in [0.25, 0.3) is 0 Å². The molecule has 0 saturated heterocycles. The Balaban J connectivity index is 1.67. The predicted octanol–water partition coefficient (Wildman–Crippen LogP) is 2.15. The van der Waals surface area contributed by atoms with E-state index in [-0.39, 0.29) is 17.3 Å². The van der Waals surface area contributed by atoms with Crippen molar-refractivity contribution in [3.8, 4) is 0 Å². The SMILES string of the molecule is CCn1ccnc(NCC2CCc3nc(C(F)(F)F)cn3C2)c1=O. The molecule has 1 atom stereocenters. The van der Waals surface area contributed by atoms with E-state index in [2.05, 4.69) is 15.3 Å². The van der Waals surface area contributed by atoms with Crippen LogP contribution in [0, 0.1) is 5.92 Å². The van der Waals surface area contributed by atoms with Gasteiger partial charge in [0.05, 0.1) is 0 Å². The van der Waals surface area contributed by atoms with Crippen molar-refractivity contribution in [2.24, 2.45) is 5.92 Å². The molecular weight excluding hydrogens is 323 g/mol. The lowest BCUT2D eigenvalue weighted by Gasteiger charge is -2.24. The Labute approximate surface area is 136 Å². The Morgan fingerprint density at radius 1 is 1.42 bits per heavy atom. The van der Waals surface area contributed by atoms with Gasteiger partial charge in [0.25, 0.3) is 5.56 Å². The highest BCUT2D eigenvalue weighted by Gasteiger charge is 2.35. The number of hydrogen-bond donors (Lipinski definition) is 1. The molecule has 9 heteroatoms. The first-order chi connectivity index (χ1) is 11.4. The van der Waals surface area contributed by atoms with E-state index < -0.39 is 11.9 Å². The maximum absolute atomic E-state index is 12.7. The average Bonchev–Trinajstić information content (AvgIpc) is 2.97. The summed E-state index contributed by atoms with van der Waals surface area (Å²) in [6.07, 6.45) is 1.02. The zero-order valence-electron chi connectivity index (χ0n) is 13.2. The number of fused-ring (bicyclic) bond motifs is 1. The van der Waals surface area contributed by atoms with Gasteiger partial charge in [-0.05, 0) is 19.3 Å². The van der Waals surface area contributed by atoms with Gasteiger partial charge < -0.3 is 14.5 Å². The van der Waals surface area contributed by atoms with Gasteiger partial charge in [-0.2, -0.15) is 13.2 Å². The van der Waals surface area contributed by atoms with Gasteiger partial charge >= 0.3 is 6.18 Å². The maximum atomic E-state index is 12.7. The number of nitrogens with one attached hydrogen (secondary N) is 1. The summed E-state index contributed by atoms with van der Waals surface area (Å²) in [5, 5.41) is 3.02. The molecule has 2 aromatic rings. The summed E-state index contributed by atoms with van der Waals surface area (Å²) in [7, 11) is 0. The molecule has 130 valence electrons. The Morgan fingerprint density at radius 3 is 2.92 bits per heavy atom. The largest absolute Gasteiger partial charge is 0.434 e. The number of aryl methyl sites for hydroxylation is 2. The Kier molecular flexibility index (Phi) is 4.33. The lowest BCUT2D eigenvalue weighted by atomic mass is 9.99. The molecule has 1 aliphatic heterocycles. The van der Waals surface area contributed by atoms with Crippen LogP contribution in [0.15, 0.2) is 23.4 Å². The van der Waals surface area contributed by atoms with Crippen molar-refractivity contribution in [1.29, 1.82) is 0 Å². The van der Waals surface area contributed by atoms with Crippen molar-refractivity contribution < 1.29 is 13.2 Å². The third-order valence-corrected chi connectivity index (χ3v) is 4.19. The minimum atomic E-state index is -4.42. The second-order valence-corrected chi connectivity index (χ2v) is 5.85. The summed E-state index contributed by atoms with van der Waals surface area (Å²) in [5.74, 6) is 0.848. The van der Waals surface area contributed by atoms with Crippen molar-refractivity contribution in [2.45, 2.75) is 39.0 Å². The third-order valence-electron chi connectivity index (χ3n) is 4.19. The number of nitrogens with zero attached hydrogens (tertiary/aromatic N) is 4. The number of alkyl halides is 3. The fraction of sp³-hybridized carbons (Fsp3) is 0.533.